The number of nitro groups is 5. The van der Waals surface area contributed by atoms with Gasteiger partial charge >= 0.3 is 71.3 Å². The van der Waals surface area contributed by atoms with Crippen LogP contribution in [0.3, 0.4) is 0 Å². The number of alkyl carbamates (subject to hydrolysis) is 1. The van der Waals surface area contributed by atoms with Crippen LogP contribution < -0.4 is 9.84 Å². The topological polar surface area (TPSA) is 449 Å². The van der Waals surface area contributed by atoms with Crippen LogP contribution in [0.4, 0.5) is 31.6 Å². The van der Waals surface area contributed by atoms with E-state index < -0.39 is 74.6 Å². The number of aromatic nitrogens is 2. The number of thiophene rings is 3. The molecular formula is C69H105Br6N18O23P5S3. The van der Waals surface area contributed by atoms with Crippen molar-refractivity contribution in [3.8, 4) is 16.2 Å². The summed E-state index contributed by atoms with van der Waals surface area (Å²) in [5, 5.41) is 60.8. The summed E-state index contributed by atoms with van der Waals surface area (Å²) in [4.78, 5) is 69.3. The molecule has 5 aromatic heterocycles. The summed E-state index contributed by atoms with van der Waals surface area (Å²) >= 11 is 23.4. The Morgan fingerprint density at radius 2 is 0.815 bits per heavy atom. The Labute approximate surface area is 782 Å². The zero-order chi connectivity index (χ0) is 91.2. The number of imidazole rings is 1. The van der Waals surface area contributed by atoms with E-state index in [1.165, 1.54) is 41.1 Å². The number of carbonyl (C=O) groups is 1. The molecule has 1 N–H and O–H groups in total. The van der Waals surface area contributed by atoms with Crippen molar-refractivity contribution in [1.82, 2.24) is 61.6 Å². The number of carbonyl (C=O) groups excluding carboxylic acids is 1. The molecule has 10 heterocycles. The van der Waals surface area contributed by atoms with E-state index >= 15 is 0 Å². The van der Waals surface area contributed by atoms with E-state index in [-0.39, 0.29) is 59.9 Å². The molecule has 694 valence electrons. The fourth-order valence-electron chi connectivity index (χ4n) is 13.0. The molecule has 4 unspecified atom stereocenters. The number of nitrogens with one attached hydrogen (secondary N) is 1. The first-order valence-electron chi connectivity index (χ1n) is 39.4. The second kappa shape index (κ2) is 52.0. The van der Waals surface area contributed by atoms with Crippen LogP contribution in [-0.4, -0.2) is 262 Å². The van der Waals surface area contributed by atoms with E-state index in [0.29, 0.717) is 146 Å². The van der Waals surface area contributed by atoms with Gasteiger partial charge in [0.2, 0.25) is 0 Å². The fraction of sp³-hybridized carbons (Fsp3) is 0.623. The van der Waals surface area contributed by atoms with Crippen LogP contribution in [0.25, 0.3) is 10.4 Å². The summed E-state index contributed by atoms with van der Waals surface area (Å²) in [5.74, 6) is 0.238. The number of hydrogen-bond donors (Lipinski definition) is 1. The molecule has 41 nitrogen and oxygen atoms in total. The van der Waals surface area contributed by atoms with Crippen molar-refractivity contribution in [3.05, 3.63) is 151 Å². The number of hydrogen-bond acceptors (Lipinski definition) is 27. The molecular weight excluding hydrogens is 2180 g/mol. The second-order valence-corrected chi connectivity index (χ2v) is 48.1. The van der Waals surface area contributed by atoms with Gasteiger partial charge in [0.25, 0.3) is 0 Å². The molecule has 0 radical (unpaired) electrons. The minimum atomic E-state index is -3.18. The predicted octanol–water partition coefficient (Wildman–Crippen LogP) is 18.7. The molecule has 5 aliphatic heterocycles. The largest absolute Gasteiger partial charge is 0.444 e. The minimum Gasteiger partial charge on any atom is -0.444 e. The predicted molar refractivity (Wildman–Crippen MR) is 500 cm³/mol. The van der Waals surface area contributed by atoms with Gasteiger partial charge < -0.3 is 38.2 Å². The summed E-state index contributed by atoms with van der Waals surface area (Å²) in [7, 11) is -13.9. The van der Waals surface area contributed by atoms with Crippen molar-refractivity contribution in [2.24, 2.45) is 7.05 Å². The maximum absolute atomic E-state index is 13.6. The van der Waals surface area contributed by atoms with E-state index in [2.05, 4.69) is 113 Å². The Kier molecular flexibility index (Phi) is 45.0. The monoisotopic (exact) mass is 2280 g/mol. The third-order valence-electron chi connectivity index (χ3n) is 19.0. The molecule has 5 fully saturated rings. The maximum atomic E-state index is 13.6. The van der Waals surface area contributed by atoms with Gasteiger partial charge in [0.1, 0.15) is 48.1 Å². The van der Waals surface area contributed by atoms with Gasteiger partial charge in [-0.3, -0.25) is 67.8 Å². The molecule has 5 saturated heterocycles. The van der Waals surface area contributed by atoms with E-state index in [1.54, 1.807) is 51.2 Å². The zero-order valence-corrected chi connectivity index (χ0v) is 85.9. The van der Waals surface area contributed by atoms with E-state index in [1.807, 2.05) is 79.6 Å². The molecule has 0 bridgehead atoms. The van der Waals surface area contributed by atoms with Crippen LogP contribution in [0.1, 0.15) is 88.4 Å². The smallest absolute Gasteiger partial charge is 0.434 e. The van der Waals surface area contributed by atoms with Crippen molar-refractivity contribution >= 4 is 201 Å². The van der Waals surface area contributed by atoms with E-state index in [0.717, 1.165) is 114 Å². The van der Waals surface area contributed by atoms with Crippen LogP contribution in [0, 0.1) is 50.6 Å². The Bertz CT molecular complexity index is 4510. The molecule has 4 atom stereocenters. The minimum absolute atomic E-state index is 0.00919. The summed E-state index contributed by atoms with van der Waals surface area (Å²) in [6, 6.07) is 19.2. The van der Waals surface area contributed by atoms with Crippen molar-refractivity contribution in [1.29, 1.82) is 0 Å². The van der Waals surface area contributed by atoms with Crippen LogP contribution >= 0.6 is 168 Å². The van der Waals surface area contributed by atoms with Gasteiger partial charge in [-0.1, -0.05) is 162 Å². The van der Waals surface area contributed by atoms with Gasteiger partial charge in [0.15, 0.2) is 0 Å². The Hall–Kier alpha value is -3.65. The number of benzene rings is 1. The molecule has 0 aliphatic carbocycles. The number of furan rings is 1. The SMILES string of the molecule is CC(C)(COP1(=O)N(CCBr)CCN1CCBr)NC(=O)OCc1ccc([N+](=O)[O-])s1.CCCN1CCN(CCBr)P1(=O)OCc1ccc([N+](=O)[O-])o1.CCCN1CCN(CCBr)P1(=O)OCc1ccc([N+](=O)[O-])s1.CCCN1CCN(CCBr)P1(=O)OCc1cnc([N+](=O)[O-])n1C.CCCN1CCN(CCBr)P1(=O)Oc1ccc(-c2ccc([N+](=O)[O-])s2)cc1. The summed E-state index contributed by atoms with van der Waals surface area (Å²) in [5.41, 5.74) is 0.556. The summed E-state index contributed by atoms with van der Waals surface area (Å²) < 4.78 is 126. The van der Waals surface area contributed by atoms with Crippen LogP contribution in [0.5, 0.6) is 5.75 Å². The normalized spacial score (nSPS) is 21.1. The van der Waals surface area contributed by atoms with Gasteiger partial charge in [0, 0.05) is 196 Å². The quantitative estimate of drug-likeness (QED) is 0.0161. The van der Waals surface area contributed by atoms with E-state index in [9.17, 15) is 78.2 Å². The number of rotatable bonds is 43. The van der Waals surface area contributed by atoms with Crippen LogP contribution in [0.2, 0.25) is 0 Å². The first kappa shape index (κ1) is 107. The maximum Gasteiger partial charge on any atom is 0.434 e. The molecule has 1 aromatic carbocycles. The summed E-state index contributed by atoms with van der Waals surface area (Å²) in [6.07, 6.45) is 4.28. The molecule has 1 amide bonds. The lowest BCUT2D eigenvalue weighted by Gasteiger charge is -2.33. The number of halogens is 6. The zero-order valence-electron chi connectivity index (χ0n) is 69.5. The van der Waals surface area contributed by atoms with Crippen molar-refractivity contribution in [2.45, 2.75) is 99.2 Å². The van der Waals surface area contributed by atoms with Gasteiger partial charge in [-0.25, -0.2) is 60.6 Å². The average molecular weight is 2290 g/mol. The fourth-order valence-corrected chi connectivity index (χ4v) is 32.1. The first-order valence-corrected chi connectivity index (χ1v) is 56.2. The molecule has 0 spiro atoms. The van der Waals surface area contributed by atoms with Crippen molar-refractivity contribution in [2.75, 3.05) is 169 Å². The molecule has 6 aromatic rings. The molecule has 55 heteroatoms. The Morgan fingerprint density at radius 1 is 0.452 bits per heavy atom. The lowest BCUT2D eigenvalue weighted by Crippen LogP contribution is -2.47. The molecule has 124 heavy (non-hydrogen) atoms. The highest BCUT2D eigenvalue weighted by Crippen LogP contribution is 2.62. The van der Waals surface area contributed by atoms with Crippen LogP contribution in [-0.2, 0) is 79.1 Å². The standard InChI is InChI=1S/C17H21BrN3O4PS.C16H25Br2N4O6PS.C12H21BrN5O4P.C12H19BrN3O5P.C12H19BrN3O4PS/c1-2-10-19-12-13-20(11-9-18)26(19,24)25-15-5-3-14(4-6-15)16-7-8-17(27-16)21(22)23;1-16(2,19-15(23)27-11-13-3-4-14(30-13)22(24)25)12-28-29(26)20(7-5-17)9-10-21(29)8-6-18;1-3-5-16-7-8-17(6-4-13)23(16,21)22-10-11-9-14-12(15(11)2)18(19)20;1-2-6-14-8-9-15(7-5-13)22(14,19)20-10-11-3-4-12(21-11)16(17)18;1-2-6-14-8-9-15(7-5-13)21(14,19)20-10-11-3-4-12(22-11)16(17)18/h3-8H,2,9-13H2,1H3;3-4H,5-12H2,1-2H3,(H,19,23);9H,3-8,10H2,1-2H3;2*3-4H,2,5-10H2,1H3. The number of nitrogens with zero attached hydrogens (tertiary/aromatic N) is 17. The van der Waals surface area contributed by atoms with Gasteiger partial charge in [-0.05, 0) is 98.5 Å². The lowest BCUT2D eigenvalue weighted by molar-refractivity contribution is -0.402. The highest BCUT2D eigenvalue weighted by atomic mass is 79.9. The molecule has 5 aliphatic rings. The highest BCUT2D eigenvalue weighted by Gasteiger charge is 2.49. The number of alkyl halides is 6. The van der Waals surface area contributed by atoms with Crippen molar-refractivity contribution < 1.29 is 84.0 Å². The third kappa shape index (κ3) is 29.7. The van der Waals surface area contributed by atoms with Crippen LogP contribution in [0.15, 0.2) is 83.4 Å². The van der Waals surface area contributed by atoms with Crippen molar-refractivity contribution in [3.63, 3.8) is 0 Å². The van der Waals surface area contributed by atoms with E-state index in [4.69, 9.17) is 31.8 Å². The average Bonchev–Trinajstić information content (AvgIpc) is 1.65. The number of ether oxygens (including phenoxy) is 1. The lowest BCUT2D eigenvalue weighted by atomic mass is 10.1. The Morgan fingerprint density at radius 3 is 1.18 bits per heavy atom. The second-order valence-electron chi connectivity index (χ2n) is 28.2. The number of amides is 1. The Balaban J connectivity index is 0.000000214. The highest BCUT2D eigenvalue weighted by molar-refractivity contribution is 9.10. The molecule has 0 saturated carbocycles. The molecule has 11 rings (SSSR count). The van der Waals surface area contributed by atoms with Gasteiger partial charge in [0.05, 0.1) is 46.6 Å². The van der Waals surface area contributed by atoms with Gasteiger partial charge in [-0.2, -0.15) is 0 Å². The summed E-state index contributed by atoms with van der Waals surface area (Å²) in [6.45, 7) is 25.3. The van der Waals surface area contributed by atoms with Gasteiger partial charge in [-0.15, -0.1) is 0 Å². The third-order valence-corrected chi connectivity index (χ3v) is 37.7. The first-order chi connectivity index (χ1) is 59.0.